The van der Waals surface area contributed by atoms with E-state index in [9.17, 15) is 5.11 Å². The van der Waals surface area contributed by atoms with Gasteiger partial charge in [-0.25, -0.2) is 0 Å². The molecule has 2 nitrogen and oxygen atoms in total. The Morgan fingerprint density at radius 3 is 2.65 bits per heavy atom. The number of benzene rings is 2. The summed E-state index contributed by atoms with van der Waals surface area (Å²) < 4.78 is 0. The molecule has 0 fully saturated rings. The lowest BCUT2D eigenvalue weighted by Crippen LogP contribution is -2.01. The van der Waals surface area contributed by atoms with Gasteiger partial charge in [-0.05, 0) is 29.1 Å². The minimum absolute atomic E-state index is 0.455. The topological polar surface area (TPSA) is 33.1 Å². The van der Waals surface area contributed by atoms with Gasteiger partial charge in [-0.15, -0.1) is 0 Å². The predicted octanol–water partition coefficient (Wildman–Crippen LogP) is 4.62. The second kappa shape index (κ2) is 5.41. The van der Waals surface area contributed by atoms with Crippen LogP contribution in [0.5, 0.6) is 0 Å². The molecule has 20 heavy (non-hydrogen) atoms. The highest BCUT2D eigenvalue weighted by molar-refractivity contribution is 6.35. The van der Waals surface area contributed by atoms with Gasteiger partial charge in [0.1, 0.15) is 6.10 Å². The average molecular weight is 304 g/mol. The summed E-state index contributed by atoms with van der Waals surface area (Å²) in [6.45, 7) is 0. The molecule has 1 unspecified atom stereocenters. The van der Waals surface area contributed by atoms with Crippen LogP contribution in [-0.2, 0) is 0 Å². The van der Waals surface area contributed by atoms with E-state index < -0.39 is 6.10 Å². The highest BCUT2D eigenvalue weighted by Gasteiger charge is 2.16. The number of halogens is 2. The number of hydrogen-bond acceptors (Lipinski definition) is 2. The maximum absolute atomic E-state index is 10.6. The number of nitrogens with zero attached hydrogens (tertiary/aromatic N) is 1. The number of rotatable bonds is 2. The van der Waals surface area contributed by atoms with Crippen molar-refractivity contribution >= 4 is 34.0 Å². The Balaban J connectivity index is 2.15. The molecule has 4 heteroatoms. The van der Waals surface area contributed by atoms with Crippen LogP contribution in [0.25, 0.3) is 10.8 Å². The molecule has 1 heterocycles. The van der Waals surface area contributed by atoms with Crippen molar-refractivity contribution < 1.29 is 5.11 Å². The smallest absolute Gasteiger partial charge is 0.106 e. The zero-order valence-corrected chi connectivity index (χ0v) is 11.9. The van der Waals surface area contributed by atoms with Gasteiger partial charge in [-0.3, -0.25) is 4.98 Å². The molecule has 0 bridgehead atoms. The lowest BCUT2D eigenvalue weighted by atomic mass is 9.97. The maximum atomic E-state index is 10.6. The van der Waals surface area contributed by atoms with Crippen LogP contribution in [0.2, 0.25) is 10.0 Å². The van der Waals surface area contributed by atoms with E-state index in [-0.39, 0.29) is 0 Å². The summed E-state index contributed by atoms with van der Waals surface area (Å²) in [6, 6.07) is 12.7. The lowest BCUT2D eigenvalue weighted by molar-refractivity contribution is 0.222. The highest BCUT2D eigenvalue weighted by atomic mass is 35.5. The van der Waals surface area contributed by atoms with Crippen LogP contribution in [0.15, 0.2) is 54.9 Å². The fourth-order valence-electron chi connectivity index (χ4n) is 2.28. The van der Waals surface area contributed by atoms with Crippen molar-refractivity contribution in [3.63, 3.8) is 0 Å². The molecule has 1 aromatic heterocycles. The van der Waals surface area contributed by atoms with Crippen molar-refractivity contribution in [2.45, 2.75) is 6.10 Å². The summed E-state index contributed by atoms with van der Waals surface area (Å²) in [5, 5.41) is 13.6. The van der Waals surface area contributed by atoms with Crippen LogP contribution in [0.3, 0.4) is 0 Å². The van der Waals surface area contributed by atoms with E-state index in [0.29, 0.717) is 15.6 Å². The summed E-state index contributed by atoms with van der Waals surface area (Å²) >= 11 is 12.1. The molecule has 100 valence electrons. The fourth-order valence-corrected chi connectivity index (χ4v) is 2.79. The Kier molecular flexibility index (Phi) is 3.62. The molecule has 0 aliphatic carbocycles. The second-order valence-electron chi connectivity index (χ2n) is 4.51. The number of fused-ring (bicyclic) bond motifs is 1. The molecule has 0 radical (unpaired) electrons. The number of pyridine rings is 1. The van der Waals surface area contributed by atoms with Gasteiger partial charge >= 0.3 is 0 Å². The van der Waals surface area contributed by atoms with E-state index in [0.717, 1.165) is 16.3 Å². The van der Waals surface area contributed by atoms with E-state index in [1.54, 1.807) is 30.6 Å². The minimum Gasteiger partial charge on any atom is -0.384 e. The number of aliphatic hydroxyl groups excluding tert-OH is 1. The molecular formula is C16H11Cl2NO. The zero-order chi connectivity index (χ0) is 14.1. The van der Waals surface area contributed by atoms with E-state index in [1.165, 1.54) is 0 Å². The number of aliphatic hydroxyl groups is 1. The summed E-state index contributed by atoms with van der Waals surface area (Å²) in [6.07, 6.45) is 2.68. The predicted molar refractivity (Wildman–Crippen MR) is 82.3 cm³/mol. The monoisotopic (exact) mass is 303 g/mol. The van der Waals surface area contributed by atoms with Crippen molar-refractivity contribution in [1.29, 1.82) is 0 Å². The van der Waals surface area contributed by atoms with Gasteiger partial charge < -0.3 is 5.11 Å². The Bertz CT molecular complexity index is 768. The average Bonchev–Trinajstić information content (AvgIpc) is 2.46. The molecule has 1 atom stereocenters. The number of hydrogen-bond donors (Lipinski definition) is 1. The van der Waals surface area contributed by atoms with Crippen molar-refractivity contribution in [3.05, 3.63) is 76.0 Å². The normalized spacial score (nSPS) is 12.6. The molecule has 0 saturated carbocycles. The molecule has 0 aliphatic heterocycles. The second-order valence-corrected chi connectivity index (χ2v) is 5.36. The zero-order valence-electron chi connectivity index (χ0n) is 10.4. The van der Waals surface area contributed by atoms with Crippen molar-refractivity contribution in [2.24, 2.45) is 0 Å². The van der Waals surface area contributed by atoms with E-state index in [2.05, 4.69) is 4.98 Å². The molecule has 3 aromatic rings. The Labute approximate surface area is 126 Å². The first-order valence-corrected chi connectivity index (χ1v) is 6.88. The van der Waals surface area contributed by atoms with Crippen molar-refractivity contribution in [1.82, 2.24) is 4.98 Å². The first kappa shape index (κ1) is 13.4. The molecule has 2 aromatic carbocycles. The van der Waals surface area contributed by atoms with Crippen molar-refractivity contribution in [2.75, 3.05) is 0 Å². The summed E-state index contributed by atoms with van der Waals surface area (Å²) in [4.78, 5) is 4.09. The largest absolute Gasteiger partial charge is 0.384 e. The van der Waals surface area contributed by atoms with Crippen molar-refractivity contribution in [3.8, 4) is 0 Å². The van der Waals surface area contributed by atoms with Gasteiger partial charge in [0, 0.05) is 33.4 Å². The minimum atomic E-state index is -0.800. The molecule has 0 amide bonds. The molecular weight excluding hydrogens is 293 g/mol. The third kappa shape index (κ3) is 2.38. The quantitative estimate of drug-likeness (QED) is 0.749. The molecule has 0 saturated heterocycles. The summed E-state index contributed by atoms with van der Waals surface area (Å²) in [5.41, 5.74) is 1.44. The molecule has 0 aliphatic rings. The first-order valence-electron chi connectivity index (χ1n) is 6.12. The highest BCUT2D eigenvalue weighted by Crippen LogP contribution is 2.33. The van der Waals surface area contributed by atoms with Crippen LogP contribution >= 0.6 is 23.2 Å². The Hall–Kier alpha value is -1.61. The lowest BCUT2D eigenvalue weighted by Gasteiger charge is -2.15. The van der Waals surface area contributed by atoms with E-state index >= 15 is 0 Å². The van der Waals surface area contributed by atoms with Gasteiger partial charge in [0.15, 0.2) is 0 Å². The molecule has 0 spiro atoms. The first-order chi connectivity index (χ1) is 9.66. The number of aromatic nitrogens is 1. The van der Waals surface area contributed by atoms with E-state index in [4.69, 9.17) is 23.2 Å². The van der Waals surface area contributed by atoms with Gasteiger partial charge in [0.2, 0.25) is 0 Å². The standard InChI is InChI=1S/C16H11Cl2NO/c17-11-4-5-14(15(18)8-11)16(20)13-3-1-2-10-9-19-7-6-12(10)13/h1-9,16,20H. The summed E-state index contributed by atoms with van der Waals surface area (Å²) in [5.74, 6) is 0. The third-order valence-corrected chi connectivity index (χ3v) is 3.83. The molecule has 3 rings (SSSR count). The van der Waals surface area contributed by atoms with Crippen LogP contribution in [0, 0.1) is 0 Å². The van der Waals surface area contributed by atoms with E-state index in [1.807, 2.05) is 24.3 Å². The van der Waals surface area contributed by atoms with Gasteiger partial charge in [-0.2, -0.15) is 0 Å². The van der Waals surface area contributed by atoms with Crippen LogP contribution < -0.4 is 0 Å². The van der Waals surface area contributed by atoms with Gasteiger partial charge in [0.05, 0.1) is 0 Å². The van der Waals surface area contributed by atoms with Crippen LogP contribution in [-0.4, -0.2) is 10.1 Å². The van der Waals surface area contributed by atoms with Gasteiger partial charge in [0.25, 0.3) is 0 Å². The van der Waals surface area contributed by atoms with Crippen LogP contribution in [0.1, 0.15) is 17.2 Å². The van der Waals surface area contributed by atoms with Crippen LogP contribution in [0.4, 0.5) is 0 Å². The maximum Gasteiger partial charge on any atom is 0.106 e. The van der Waals surface area contributed by atoms with Gasteiger partial charge in [-0.1, -0.05) is 47.5 Å². The summed E-state index contributed by atoms with van der Waals surface area (Å²) in [7, 11) is 0. The molecule has 1 N–H and O–H groups in total. The Morgan fingerprint density at radius 2 is 1.85 bits per heavy atom. The third-order valence-electron chi connectivity index (χ3n) is 3.27. The Morgan fingerprint density at radius 1 is 1.00 bits per heavy atom. The fraction of sp³-hybridized carbons (Fsp3) is 0.0625. The SMILES string of the molecule is OC(c1ccc(Cl)cc1Cl)c1cccc2cnccc12.